The second-order valence-electron chi connectivity index (χ2n) is 3.85. The number of hydrogen-bond donors (Lipinski definition) is 0. The molecule has 1 atom stereocenters. The second kappa shape index (κ2) is 3.88. The minimum Gasteiger partial charge on any atom is -0.249 e. The van der Waals surface area contributed by atoms with E-state index in [2.05, 4.69) is 5.10 Å². The summed E-state index contributed by atoms with van der Waals surface area (Å²) in [5, 5.41) is 3.13. The molecule has 1 fully saturated rings. The molecule has 1 aromatic heterocycles. The Balaban J connectivity index is 2.32. The van der Waals surface area contributed by atoms with Crippen molar-refractivity contribution in [3.63, 3.8) is 0 Å². The fourth-order valence-corrected chi connectivity index (χ4v) is 3.71. The summed E-state index contributed by atoms with van der Waals surface area (Å²) in [4.78, 5) is 0. The van der Waals surface area contributed by atoms with Crippen LogP contribution >= 0.6 is 11.6 Å². The molecule has 0 aliphatic carbocycles. The quantitative estimate of drug-likeness (QED) is 0.793. The summed E-state index contributed by atoms with van der Waals surface area (Å²) in [5.41, 5.74) is -1.10. The lowest BCUT2D eigenvalue weighted by atomic mass is 10.3. The lowest BCUT2D eigenvalue weighted by Gasteiger charge is -2.09. The van der Waals surface area contributed by atoms with Gasteiger partial charge in [0.1, 0.15) is 5.15 Å². The Hall–Kier alpha value is -0.760. The Labute approximate surface area is 100 Å². The Morgan fingerprint density at radius 3 is 2.53 bits per heavy atom. The molecular weight excluding hydrogens is 281 g/mol. The van der Waals surface area contributed by atoms with E-state index in [0.717, 1.165) is 4.68 Å². The first-order valence-electron chi connectivity index (χ1n) is 4.72. The average Bonchev–Trinajstić information content (AvgIpc) is 2.68. The number of sulfone groups is 1. The Morgan fingerprint density at radius 1 is 1.47 bits per heavy atom. The van der Waals surface area contributed by atoms with E-state index in [1.807, 2.05) is 0 Å². The van der Waals surface area contributed by atoms with Gasteiger partial charge in [-0.3, -0.25) is 0 Å². The summed E-state index contributed by atoms with van der Waals surface area (Å²) in [7, 11) is -3.19. The van der Waals surface area contributed by atoms with Crippen LogP contribution in [0.25, 0.3) is 0 Å². The molecule has 0 saturated carbocycles. The van der Waals surface area contributed by atoms with Crippen molar-refractivity contribution in [2.45, 2.75) is 18.6 Å². The molecule has 1 aliphatic rings. The maximum absolute atomic E-state index is 12.4. The first-order chi connectivity index (χ1) is 7.69. The highest BCUT2D eigenvalue weighted by Crippen LogP contribution is 2.33. The van der Waals surface area contributed by atoms with Crippen LogP contribution in [-0.2, 0) is 16.0 Å². The Kier molecular flexibility index (Phi) is 2.89. The number of rotatable bonds is 1. The van der Waals surface area contributed by atoms with Crippen molar-refractivity contribution < 1.29 is 21.6 Å². The molecule has 9 heteroatoms. The Morgan fingerprint density at radius 2 is 2.12 bits per heavy atom. The third-order valence-electron chi connectivity index (χ3n) is 2.53. The van der Waals surface area contributed by atoms with Gasteiger partial charge in [-0.15, -0.1) is 0 Å². The standard InChI is InChI=1S/C8H8ClF3N2O2S/c9-7-3-6(8(10,11)12)13-14(7)5-1-2-17(15,16)4-5/h3,5H,1-2,4H2. The number of hydrogen-bond acceptors (Lipinski definition) is 3. The van der Waals surface area contributed by atoms with Crippen LogP contribution in [0.3, 0.4) is 0 Å². The Bertz CT molecular complexity index is 537. The van der Waals surface area contributed by atoms with E-state index in [1.54, 1.807) is 0 Å². The molecular formula is C8H8ClF3N2O2S. The molecule has 0 bridgehead atoms. The fourth-order valence-electron chi connectivity index (χ4n) is 1.73. The van der Waals surface area contributed by atoms with Gasteiger partial charge in [-0.1, -0.05) is 11.6 Å². The third kappa shape index (κ3) is 2.57. The van der Waals surface area contributed by atoms with Crippen LogP contribution in [0.4, 0.5) is 13.2 Å². The molecule has 1 saturated heterocycles. The maximum atomic E-state index is 12.4. The van der Waals surface area contributed by atoms with Crippen molar-refractivity contribution in [1.82, 2.24) is 9.78 Å². The first kappa shape index (κ1) is 12.7. The van der Waals surface area contributed by atoms with E-state index < -0.39 is 27.7 Å². The van der Waals surface area contributed by atoms with Crippen LogP contribution in [-0.4, -0.2) is 29.7 Å². The zero-order chi connectivity index (χ0) is 12.8. The van der Waals surface area contributed by atoms with Crippen molar-refractivity contribution in [2.24, 2.45) is 0 Å². The number of alkyl halides is 3. The van der Waals surface area contributed by atoms with Gasteiger partial charge in [0.25, 0.3) is 0 Å². The van der Waals surface area contributed by atoms with Crippen LogP contribution in [0, 0.1) is 0 Å². The monoisotopic (exact) mass is 288 g/mol. The van der Waals surface area contributed by atoms with Crippen molar-refractivity contribution in [1.29, 1.82) is 0 Å². The molecule has 1 unspecified atom stereocenters. The molecule has 1 aromatic rings. The van der Waals surface area contributed by atoms with Gasteiger partial charge in [0.2, 0.25) is 0 Å². The van der Waals surface area contributed by atoms with Crippen LogP contribution < -0.4 is 0 Å². The van der Waals surface area contributed by atoms with Crippen molar-refractivity contribution in [2.75, 3.05) is 11.5 Å². The molecule has 2 rings (SSSR count). The van der Waals surface area contributed by atoms with Gasteiger partial charge in [0.05, 0.1) is 17.5 Å². The lowest BCUT2D eigenvalue weighted by molar-refractivity contribution is -0.141. The molecule has 96 valence electrons. The van der Waals surface area contributed by atoms with Gasteiger partial charge in [-0.05, 0) is 6.42 Å². The fraction of sp³-hybridized carbons (Fsp3) is 0.625. The van der Waals surface area contributed by atoms with Crippen LogP contribution in [0.5, 0.6) is 0 Å². The first-order valence-corrected chi connectivity index (χ1v) is 6.92. The number of nitrogens with zero attached hydrogens (tertiary/aromatic N) is 2. The normalized spacial score (nSPS) is 24.1. The van der Waals surface area contributed by atoms with Crippen molar-refractivity contribution in [3.05, 3.63) is 16.9 Å². The van der Waals surface area contributed by atoms with Crippen LogP contribution in [0.2, 0.25) is 5.15 Å². The van der Waals surface area contributed by atoms with Crippen LogP contribution in [0.15, 0.2) is 6.07 Å². The van der Waals surface area contributed by atoms with Gasteiger partial charge in [0, 0.05) is 6.07 Å². The SMILES string of the molecule is O=S1(=O)CCC(n2nc(C(F)(F)F)cc2Cl)C1. The van der Waals surface area contributed by atoms with Gasteiger partial charge >= 0.3 is 6.18 Å². The molecule has 0 radical (unpaired) electrons. The van der Waals surface area contributed by atoms with Crippen molar-refractivity contribution in [3.8, 4) is 0 Å². The lowest BCUT2D eigenvalue weighted by Crippen LogP contribution is -2.14. The molecule has 17 heavy (non-hydrogen) atoms. The average molecular weight is 289 g/mol. The highest BCUT2D eigenvalue weighted by molar-refractivity contribution is 7.91. The zero-order valence-electron chi connectivity index (χ0n) is 8.41. The summed E-state index contributed by atoms with van der Waals surface area (Å²) in [6, 6.07) is 0.0931. The minimum atomic E-state index is -4.58. The molecule has 2 heterocycles. The van der Waals surface area contributed by atoms with E-state index in [-0.39, 0.29) is 23.1 Å². The summed E-state index contributed by atoms with van der Waals surface area (Å²) in [5.74, 6) is -0.263. The molecule has 0 spiro atoms. The summed E-state index contributed by atoms with van der Waals surface area (Å²) < 4.78 is 60.5. The van der Waals surface area contributed by atoms with Gasteiger partial charge in [-0.2, -0.15) is 18.3 Å². The van der Waals surface area contributed by atoms with E-state index in [9.17, 15) is 21.6 Å². The highest BCUT2D eigenvalue weighted by Gasteiger charge is 2.37. The highest BCUT2D eigenvalue weighted by atomic mass is 35.5. The second-order valence-corrected chi connectivity index (χ2v) is 6.47. The predicted octanol–water partition coefficient (Wildman–Crippen LogP) is 1.91. The molecule has 0 amide bonds. The van der Waals surface area contributed by atoms with Gasteiger partial charge in [0.15, 0.2) is 15.5 Å². The molecule has 4 nitrogen and oxygen atoms in total. The molecule has 0 aromatic carbocycles. The zero-order valence-corrected chi connectivity index (χ0v) is 9.98. The summed E-state index contributed by atoms with van der Waals surface area (Å²) >= 11 is 5.63. The summed E-state index contributed by atoms with van der Waals surface area (Å²) in [6.45, 7) is 0. The smallest absolute Gasteiger partial charge is 0.249 e. The predicted molar refractivity (Wildman–Crippen MR) is 54.5 cm³/mol. The molecule has 0 N–H and O–H groups in total. The molecule has 1 aliphatic heterocycles. The maximum Gasteiger partial charge on any atom is 0.435 e. The van der Waals surface area contributed by atoms with Gasteiger partial charge < -0.3 is 0 Å². The topological polar surface area (TPSA) is 52.0 Å². The van der Waals surface area contributed by atoms with Crippen molar-refractivity contribution >= 4 is 21.4 Å². The largest absolute Gasteiger partial charge is 0.435 e. The number of halogens is 4. The van der Waals surface area contributed by atoms with E-state index >= 15 is 0 Å². The number of aromatic nitrogens is 2. The van der Waals surface area contributed by atoms with E-state index in [4.69, 9.17) is 11.6 Å². The minimum absolute atomic E-state index is 0.0464. The van der Waals surface area contributed by atoms with E-state index in [0.29, 0.717) is 6.07 Å². The van der Waals surface area contributed by atoms with Crippen LogP contribution in [0.1, 0.15) is 18.2 Å². The third-order valence-corrected chi connectivity index (χ3v) is 4.57. The van der Waals surface area contributed by atoms with Gasteiger partial charge in [-0.25, -0.2) is 13.1 Å². The van der Waals surface area contributed by atoms with E-state index in [1.165, 1.54) is 0 Å². The summed E-state index contributed by atoms with van der Waals surface area (Å²) in [6.07, 6.45) is -4.34.